The van der Waals surface area contributed by atoms with Gasteiger partial charge in [-0.2, -0.15) is 0 Å². The predicted octanol–water partition coefficient (Wildman–Crippen LogP) is 3.34. The van der Waals surface area contributed by atoms with Gasteiger partial charge in [0.05, 0.1) is 19.8 Å². The summed E-state index contributed by atoms with van der Waals surface area (Å²) in [6, 6.07) is 8.45. The summed E-state index contributed by atoms with van der Waals surface area (Å²) in [5.74, 6) is -0.855. The van der Waals surface area contributed by atoms with Crippen molar-refractivity contribution in [3.8, 4) is 11.5 Å². The Bertz CT molecular complexity index is 943. The van der Waals surface area contributed by atoms with E-state index in [2.05, 4.69) is 5.32 Å². The van der Waals surface area contributed by atoms with E-state index in [0.717, 1.165) is 17.7 Å². The number of rotatable bonds is 7. The summed E-state index contributed by atoms with van der Waals surface area (Å²) in [6.45, 7) is 0.798. The molecule has 6 nitrogen and oxygen atoms in total. The SMILES string of the molecule is COc1ccc(CCC(=O)NC2CCN(C(=O)c3ccc(F)cc3F)CC2)cc1OC. The van der Waals surface area contributed by atoms with E-state index in [4.69, 9.17) is 9.47 Å². The molecule has 2 amide bonds. The fourth-order valence-electron chi connectivity index (χ4n) is 3.65. The number of ether oxygens (including phenoxy) is 2. The van der Waals surface area contributed by atoms with E-state index in [9.17, 15) is 18.4 Å². The Morgan fingerprint density at radius 3 is 2.39 bits per heavy atom. The first kappa shape index (κ1) is 22.5. The molecule has 31 heavy (non-hydrogen) atoms. The van der Waals surface area contributed by atoms with E-state index in [0.29, 0.717) is 56.3 Å². The fraction of sp³-hybridized carbons (Fsp3) is 0.391. The van der Waals surface area contributed by atoms with Crippen molar-refractivity contribution in [2.75, 3.05) is 27.3 Å². The summed E-state index contributed by atoms with van der Waals surface area (Å²) in [5.41, 5.74) is 0.827. The van der Waals surface area contributed by atoms with Gasteiger partial charge in [-0.3, -0.25) is 9.59 Å². The van der Waals surface area contributed by atoms with Gasteiger partial charge in [-0.15, -0.1) is 0 Å². The molecule has 1 aliphatic rings. The van der Waals surface area contributed by atoms with Gasteiger partial charge in [-0.1, -0.05) is 6.07 Å². The van der Waals surface area contributed by atoms with Gasteiger partial charge in [-0.05, 0) is 49.1 Å². The first-order valence-corrected chi connectivity index (χ1v) is 10.2. The maximum atomic E-state index is 13.9. The van der Waals surface area contributed by atoms with E-state index in [1.165, 1.54) is 4.90 Å². The predicted molar refractivity (Wildman–Crippen MR) is 111 cm³/mol. The van der Waals surface area contributed by atoms with E-state index in [1.54, 1.807) is 14.2 Å². The largest absolute Gasteiger partial charge is 0.493 e. The van der Waals surface area contributed by atoms with Crippen molar-refractivity contribution in [1.29, 1.82) is 0 Å². The maximum Gasteiger partial charge on any atom is 0.256 e. The summed E-state index contributed by atoms with van der Waals surface area (Å²) >= 11 is 0. The van der Waals surface area contributed by atoms with Gasteiger partial charge in [0.25, 0.3) is 5.91 Å². The van der Waals surface area contributed by atoms with Crippen LogP contribution in [-0.4, -0.2) is 50.1 Å². The highest BCUT2D eigenvalue weighted by Crippen LogP contribution is 2.28. The van der Waals surface area contributed by atoms with Crippen LogP contribution in [0, 0.1) is 11.6 Å². The molecule has 0 bridgehead atoms. The highest BCUT2D eigenvalue weighted by Gasteiger charge is 2.26. The van der Waals surface area contributed by atoms with Gasteiger partial charge in [0.15, 0.2) is 11.5 Å². The zero-order valence-corrected chi connectivity index (χ0v) is 17.6. The number of aryl methyl sites for hydroxylation is 1. The van der Waals surface area contributed by atoms with Crippen LogP contribution in [-0.2, 0) is 11.2 Å². The Labute approximate surface area is 180 Å². The molecule has 3 rings (SSSR count). The quantitative estimate of drug-likeness (QED) is 0.729. The number of nitrogens with zero attached hydrogens (tertiary/aromatic N) is 1. The van der Waals surface area contributed by atoms with Crippen LogP contribution >= 0.6 is 0 Å². The van der Waals surface area contributed by atoms with Crippen LogP contribution < -0.4 is 14.8 Å². The number of piperidine rings is 1. The number of amides is 2. The molecule has 1 fully saturated rings. The normalized spacial score (nSPS) is 14.3. The van der Waals surface area contributed by atoms with Crippen LogP contribution in [0.15, 0.2) is 36.4 Å². The molecular weight excluding hydrogens is 406 g/mol. The molecular formula is C23H26F2N2O4. The molecule has 0 atom stereocenters. The maximum absolute atomic E-state index is 13.9. The summed E-state index contributed by atoms with van der Waals surface area (Å²) in [7, 11) is 3.13. The third-order valence-corrected chi connectivity index (χ3v) is 5.40. The third-order valence-electron chi connectivity index (χ3n) is 5.40. The Balaban J connectivity index is 1.46. The lowest BCUT2D eigenvalue weighted by molar-refractivity contribution is -0.122. The third kappa shape index (κ3) is 5.71. The average molecular weight is 432 g/mol. The van der Waals surface area contributed by atoms with E-state index >= 15 is 0 Å². The van der Waals surface area contributed by atoms with Crippen LogP contribution in [0.5, 0.6) is 11.5 Å². The topological polar surface area (TPSA) is 67.9 Å². The second kappa shape index (κ2) is 10.2. The minimum Gasteiger partial charge on any atom is -0.493 e. The van der Waals surface area contributed by atoms with Gasteiger partial charge in [0, 0.05) is 31.6 Å². The van der Waals surface area contributed by atoms with E-state index in [-0.39, 0.29) is 17.5 Å². The number of nitrogens with one attached hydrogen (secondary N) is 1. The number of hydrogen-bond acceptors (Lipinski definition) is 4. The lowest BCUT2D eigenvalue weighted by Crippen LogP contribution is -2.46. The Kier molecular flexibility index (Phi) is 7.44. The summed E-state index contributed by atoms with van der Waals surface area (Å²) in [4.78, 5) is 26.3. The number of carbonyl (C=O) groups excluding carboxylic acids is 2. The molecule has 0 aliphatic carbocycles. The fourth-order valence-corrected chi connectivity index (χ4v) is 3.65. The summed E-state index contributed by atoms with van der Waals surface area (Å²) < 4.78 is 37.4. The van der Waals surface area contributed by atoms with Crippen LogP contribution in [0.4, 0.5) is 8.78 Å². The molecule has 0 aromatic heterocycles. The van der Waals surface area contributed by atoms with Crippen molar-refractivity contribution in [3.05, 3.63) is 59.2 Å². The number of halogens is 2. The van der Waals surface area contributed by atoms with Gasteiger partial charge in [0.1, 0.15) is 11.6 Å². The first-order valence-electron chi connectivity index (χ1n) is 10.2. The van der Waals surface area contributed by atoms with Gasteiger partial charge < -0.3 is 19.7 Å². The standard InChI is InChI=1S/C23H26F2N2O4/c1-30-20-7-3-15(13-21(20)31-2)4-8-22(28)26-17-9-11-27(12-10-17)23(29)18-6-5-16(24)14-19(18)25/h3,5-7,13-14,17H,4,8-12H2,1-2H3,(H,26,28). The molecule has 1 aliphatic heterocycles. The Morgan fingerprint density at radius 2 is 1.74 bits per heavy atom. The van der Waals surface area contributed by atoms with Crippen molar-refractivity contribution in [1.82, 2.24) is 10.2 Å². The highest BCUT2D eigenvalue weighted by atomic mass is 19.1. The van der Waals surface area contributed by atoms with Crippen LogP contribution in [0.2, 0.25) is 0 Å². The van der Waals surface area contributed by atoms with Gasteiger partial charge in [-0.25, -0.2) is 8.78 Å². The Hall–Kier alpha value is -3.16. The summed E-state index contributed by atoms with van der Waals surface area (Å²) in [6.07, 6.45) is 2.05. The van der Waals surface area contributed by atoms with Crippen molar-refractivity contribution < 1.29 is 27.8 Å². The molecule has 1 heterocycles. The molecule has 0 spiro atoms. The van der Waals surface area contributed by atoms with Crippen molar-refractivity contribution in [2.24, 2.45) is 0 Å². The Morgan fingerprint density at radius 1 is 1.03 bits per heavy atom. The van der Waals surface area contributed by atoms with Crippen LogP contribution in [0.25, 0.3) is 0 Å². The monoisotopic (exact) mass is 432 g/mol. The van der Waals surface area contributed by atoms with Crippen molar-refractivity contribution in [3.63, 3.8) is 0 Å². The van der Waals surface area contributed by atoms with Gasteiger partial charge in [0.2, 0.25) is 5.91 Å². The number of hydrogen-bond donors (Lipinski definition) is 1. The number of methoxy groups -OCH3 is 2. The minimum absolute atomic E-state index is 0.0416. The van der Waals surface area contributed by atoms with Crippen LogP contribution in [0.3, 0.4) is 0 Å². The molecule has 0 saturated carbocycles. The van der Waals surface area contributed by atoms with E-state index < -0.39 is 17.5 Å². The second-order valence-corrected chi connectivity index (χ2v) is 7.45. The molecule has 2 aromatic carbocycles. The van der Waals surface area contributed by atoms with Crippen molar-refractivity contribution in [2.45, 2.75) is 31.7 Å². The smallest absolute Gasteiger partial charge is 0.256 e. The molecule has 1 N–H and O–H groups in total. The lowest BCUT2D eigenvalue weighted by Gasteiger charge is -2.32. The number of benzene rings is 2. The lowest BCUT2D eigenvalue weighted by atomic mass is 10.0. The van der Waals surface area contributed by atoms with Gasteiger partial charge >= 0.3 is 0 Å². The molecule has 8 heteroatoms. The second-order valence-electron chi connectivity index (χ2n) is 7.45. The average Bonchev–Trinajstić information content (AvgIpc) is 2.77. The molecule has 0 radical (unpaired) electrons. The zero-order valence-electron chi connectivity index (χ0n) is 17.6. The van der Waals surface area contributed by atoms with Crippen LogP contribution in [0.1, 0.15) is 35.2 Å². The molecule has 166 valence electrons. The molecule has 0 unspecified atom stereocenters. The van der Waals surface area contributed by atoms with Crippen molar-refractivity contribution >= 4 is 11.8 Å². The highest BCUT2D eigenvalue weighted by molar-refractivity contribution is 5.94. The van der Waals surface area contributed by atoms with E-state index in [1.807, 2.05) is 18.2 Å². The zero-order chi connectivity index (χ0) is 22.4. The molecule has 2 aromatic rings. The number of likely N-dealkylation sites (tertiary alicyclic amines) is 1. The molecule has 1 saturated heterocycles. The minimum atomic E-state index is -0.865. The number of carbonyl (C=O) groups is 2. The summed E-state index contributed by atoms with van der Waals surface area (Å²) in [5, 5.41) is 3.00. The first-order chi connectivity index (χ1) is 14.9.